The van der Waals surface area contributed by atoms with Crippen molar-refractivity contribution in [1.82, 2.24) is 0 Å². The Bertz CT molecular complexity index is 669. The number of halogens is 19. The predicted octanol–water partition coefficient (Wildman–Crippen LogP) is 6.75. The molecule has 1 nitrogen and oxygen atoms in total. The van der Waals surface area contributed by atoms with Crippen LogP contribution in [-0.4, -0.2) is 54.9 Å². The van der Waals surface area contributed by atoms with Crippen molar-refractivity contribution >= 4 is 0 Å². The first-order valence-electron chi connectivity index (χ1n) is 6.53. The van der Waals surface area contributed by atoms with E-state index < -0.39 is 66.6 Å². The summed E-state index contributed by atoms with van der Waals surface area (Å²) < 4.78 is 241. The average molecular weight is 512 g/mol. The highest BCUT2D eigenvalue weighted by Gasteiger charge is 2.84. The van der Waals surface area contributed by atoms with E-state index in [9.17, 15) is 83.4 Å². The molecule has 1 unspecified atom stereocenters. The third kappa shape index (κ3) is 4.91. The van der Waals surface area contributed by atoms with E-state index in [2.05, 4.69) is 4.74 Å². The number of hydrogen-bond acceptors (Lipinski definition) is 1. The standard InChI is InChI=1S/C11H3F19O/c12-2(6(18,19)8(21,22)9(23,24)11(28,29)30)3(13)7(20,10(25,26)27)31-1-5(16,17)4(14)15/h4H,1H2/b3-2+. The van der Waals surface area contributed by atoms with Crippen molar-refractivity contribution in [2.45, 2.75) is 48.3 Å². The van der Waals surface area contributed by atoms with Crippen LogP contribution in [0.5, 0.6) is 0 Å². The molecule has 0 aliphatic rings. The molecule has 0 aromatic carbocycles. The first-order chi connectivity index (χ1) is 13.2. The van der Waals surface area contributed by atoms with Gasteiger partial charge in [0.1, 0.15) is 6.61 Å². The van der Waals surface area contributed by atoms with Gasteiger partial charge >= 0.3 is 48.3 Å². The van der Waals surface area contributed by atoms with Gasteiger partial charge in [-0.25, -0.2) is 17.6 Å². The van der Waals surface area contributed by atoms with E-state index in [0.29, 0.717) is 0 Å². The Balaban J connectivity index is 6.63. The lowest BCUT2D eigenvalue weighted by atomic mass is 10.0. The Morgan fingerprint density at radius 1 is 0.581 bits per heavy atom. The summed E-state index contributed by atoms with van der Waals surface area (Å²) in [6.07, 6.45) is -20.0. The van der Waals surface area contributed by atoms with Crippen LogP contribution in [0.15, 0.2) is 11.7 Å². The number of rotatable bonds is 8. The van der Waals surface area contributed by atoms with E-state index >= 15 is 0 Å². The maximum atomic E-state index is 13.6. The predicted molar refractivity (Wildman–Crippen MR) is 56.9 cm³/mol. The molecule has 0 fully saturated rings. The molecule has 20 heteroatoms. The lowest BCUT2D eigenvalue weighted by Gasteiger charge is -2.34. The topological polar surface area (TPSA) is 9.23 Å². The first kappa shape index (κ1) is 29.4. The van der Waals surface area contributed by atoms with Gasteiger partial charge in [0.25, 0.3) is 0 Å². The molecule has 0 aromatic rings. The van der Waals surface area contributed by atoms with E-state index in [-0.39, 0.29) is 0 Å². The van der Waals surface area contributed by atoms with Gasteiger partial charge in [-0.3, -0.25) is 0 Å². The molecule has 0 spiro atoms. The van der Waals surface area contributed by atoms with E-state index in [0.717, 1.165) is 0 Å². The highest BCUT2D eigenvalue weighted by Crippen LogP contribution is 2.57. The van der Waals surface area contributed by atoms with Crippen LogP contribution in [0.4, 0.5) is 83.4 Å². The molecule has 0 aromatic heterocycles. The van der Waals surface area contributed by atoms with Gasteiger partial charge in [-0.05, 0) is 0 Å². The van der Waals surface area contributed by atoms with E-state index in [4.69, 9.17) is 0 Å². The van der Waals surface area contributed by atoms with Crippen LogP contribution >= 0.6 is 0 Å². The molecular formula is C11H3F19O. The molecule has 0 aliphatic heterocycles. The lowest BCUT2D eigenvalue weighted by Crippen LogP contribution is -2.61. The number of ether oxygens (including phenoxy) is 1. The third-order valence-electron chi connectivity index (χ3n) is 3.04. The molecule has 0 saturated heterocycles. The van der Waals surface area contributed by atoms with Crippen molar-refractivity contribution in [2.75, 3.05) is 6.61 Å². The molecule has 31 heavy (non-hydrogen) atoms. The quantitative estimate of drug-likeness (QED) is 0.327. The summed E-state index contributed by atoms with van der Waals surface area (Å²) in [5, 5.41) is 0. The summed E-state index contributed by atoms with van der Waals surface area (Å²) in [4.78, 5) is 0. The minimum Gasteiger partial charge on any atom is -0.327 e. The third-order valence-corrected chi connectivity index (χ3v) is 3.04. The molecule has 0 bridgehead atoms. The Morgan fingerprint density at radius 2 is 0.968 bits per heavy atom. The van der Waals surface area contributed by atoms with Gasteiger partial charge in [-0.1, -0.05) is 0 Å². The molecule has 0 aliphatic carbocycles. The van der Waals surface area contributed by atoms with Crippen molar-refractivity contribution < 1.29 is 88.2 Å². The monoisotopic (exact) mass is 512 g/mol. The van der Waals surface area contributed by atoms with Gasteiger partial charge in [-0.15, -0.1) is 0 Å². The summed E-state index contributed by atoms with van der Waals surface area (Å²) >= 11 is 0. The fraction of sp³-hybridized carbons (Fsp3) is 0.818. The normalized spacial score (nSPS) is 18.2. The summed E-state index contributed by atoms with van der Waals surface area (Å²) in [7, 11) is 0. The number of hydrogen-bond donors (Lipinski definition) is 0. The molecule has 186 valence electrons. The minimum atomic E-state index is -8.13. The number of allylic oxidation sites excluding steroid dienone is 1. The fourth-order valence-electron chi connectivity index (χ4n) is 1.32. The second-order valence-corrected chi connectivity index (χ2v) is 5.29. The van der Waals surface area contributed by atoms with E-state index in [1.165, 1.54) is 0 Å². The lowest BCUT2D eigenvalue weighted by molar-refractivity contribution is -0.392. The van der Waals surface area contributed by atoms with Crippen LogP contribution in [0.1, 0.15) is 0 Å². The van der Waals surface area contributed by atoms with Crippen LogP contribution in [0.2, 0.25) is 0 Å². The molecule has 0 radical (unpaired) electrons. The van der Waals surface area contributed by atoms with Crippen LogP contribution in [0, 0.1) is 0 Å². The van der Waals surface area contributed by atoms with E-state index in [1.54, 1.807) is 0 Å². The van der Waals surface area contributed by atoms with Crippen molar-refractivity contribution in [1.29, 1.82) is 0 Å². The van der Waals surface area contributed by atoms with Crippen LogP contribution in [-0.2, 0) is 4.74 Å². The molecular weight excluding hydrogens is 509 g/mol. The van der Waals surface area contributed by atoms with Gasteiger partial charge in [0, 0.05) is 0 Å². The fourth-order valence-corrected chi connectivity index (χ4v) is 1.32. The van der Waals surface area contributed by atoms with Gasteiger partial charge in [0.15, 0.2) is 0 Å². The van der Waals surface area contributed by atoms with Crippen molar-refractivity contribution in [3.05, 3.63) is 11.7 Å². The second kappa shape index (κ2) is 8.05. The second-order valence-electron chi connectivity index (χ2n) is 5.29. The smallest absolute Gasteiger partial charge is 0.327 e. The zero-order valence-corrected chi connectivity index (χ0v) is 13.4. The van der Waals surface area contributed by atoms with Gasteiger partial charge in [-0.2, -0.15) is 65.9 Å². The maximum absolute atomic E-state index is 13.6. The Morgan fingerprint density at radius 3 is 1.26 bits per heavy atom. The van der Waals surface area contributed by atoms with Crippen molar-refractivity contribution in [3.63, 3.8) is 0 Å². The summed E-state index contributed by atoms with van der Waals surface area (Å²) in [5.41, 5.74) is 0. The largest absolute Gasteiger partial charge is 0.460 e. The minimum absolute atomic E-state index is 2.28. The van der Waals surface area contributed by atoms with Gasteiger partial charge < -0.3 is 4.74 Å². The highest BCUT2D eigenvalue weighted by molar-refractivity contribution is 5.23. The summed E-state index contributed by atoms with van der Waals surface area (Å²) in [6, 6.07) is 0. The van der Waals surface area contributed by atoms with Crippen LogP contribution in [0.25, 0.3) is 0 Å². The molecule has 0 N–H and O–H groups in total. The van der Waals surface area contributed by atoms with Crippen molar-refractivity contribution in [2.24, 2.45) is 0 Å². The van der Waals surface area contributed by atoms with E-state index in [1.807, 2.05) is 0 Å². The molecule has 0 saturated carbocycles. The molecule has 0 rings (SSSR count). The maximum Gasteiger partial charge on any atom is 0.460 e. The van der Waals surface area contributed by atoms with Crippen LogP contribution in [0.3, 0.4) is 0 Å². The zero-order chi connectivity index (χ0) is 25.6. The summed E-state index contributed by atoms with van der Waals surface area (Å²) in [6.45, 7) is -3.58. The Hall–Kier alpha value is -1.63. The Labute approximate surface area is 156 Å². The molecule has 0 amide bonds. The Kier molecular flexibility index (Phi) is 7.63. The van der Waals surface area contributed by atoms with Gasteiger partial charge in [0.2, 0.25) is 11.7 Å². The van der Waals surface area contributed by atoms with Crippen molar-refractivity contribution in [3.8, 4) is 0 Å². The molecule has 1 atom stereocenters. The highest BCUT2D eigenvalue weighted by atomic mass is 19.4. The van der Waals surface area contributed by atoms with Gasteiger partial charge in [0.05, 0.1) is 0 Å². The SMILES string of the molecule is F/C(=C(/F)C(F)(OCC(F)(F)C(F)F)C(F)(F)F)C(F)(F)C(F)(F)C(F)(F)C(F)(F)F. The average Bonchev–Trinajstić information content (AvgIpc) is 2.55. The summed E-state index contributed by atoms with van der Waals surface area (Å²) in [5.74, 6) is -47.2. The first-order valence-corrected chi connectivity index (χ1v) is 6.53. The zero-order valence-electron chi connectivity index (χ0n) is 13.4. The molecule has 0 heterocycles. The number of alkyl halides is 17. The van der Waals surface area contributed by atoms with Crippen LogP contribution < -0.4 is 0 Å².